The molecule has 2 N–H and O–H groups in total. The molecule has 0 saturated carbocycles. The van der Waals surface area contributed by atoms with E-state index in [1.54, 1.807) is 0 Å². The fourth-order valence-electron chi connectivity index (χ4n) is 4.27. The van der Waals surface area contributed by atoms with E-state index in [0.717, 1.165) is 10.9 Å². The van der Waals surface area contributed by atoms with Gasteiger partial charge in [0.25, 0.3) is 0 Å². The SMILES string of the molecule is CC(C)C(=[OH+])/C=C(\O)C(C)C.[Ir].[c-]1c2ccccc2c2sc3cccc4c5cccnc5c1c2c34. The number of rotatable bonds is 3. The van der Waals surface area contributed by atoms with Crippen molar-refractivity contribution in [2.75, 3.05) is 0 Å². The number of ketones is 1. The van der Waals surface area contributed by atoms with Crippen LogP contribution in [0.1, 0.15) is 27.7 Å². The van der Waals surface area contributed by atoms with E-state index in [1.165, 1.54) is 47.8 Å². The first kappa shape index (κ1) is 25.2. The second kappa shape index (κ2) is 10.0. The summed E-state index contributed by atoms with van der Waals surface area (Å²) < 4.78 is 2.70. The summed E-state index contributed by atoms with van der Waals surface area (Å²) in [5, 5.41) is 18.0. The van der Waals surface area contributed by atoms with Gasteiger partial charge < -0.3 is 5.11 Å². The minimum atomic E-state index is 0. The van der Waals surface area contributed by atoms with Crippen LogP contribution in [0.3, 0.4) is 0 Å². The van der Waals surface area contributed by atoms with Crippen molar-refractivity contribution in [1.82, 2.24) is 4.98 Å². The van der Waals surface area contributed by atoms with Gasteiger partial charge in [-0.1, -0.05) is 80.3 Å². The number of aromatic nitrogens is 1. The summed E-state index contributed by atoms with van der Waals surface area (Å²) in [4.78, 5) is 13.9. The number of fused-ring (bicyclic) bond motifs is 5. The molecule has 0 aliphatic heterocycles. The third-order valence-electron chi connectivity index (χ3n) is 6.21. The van der Waals surface area contributed by atoms with Gasteiger partial charge in [-0.2, -0.15) is 11.3 Å². The van der Waals surface area contributed by atoms with Crippen LogP contribution in [0.2, 0.25) is 0 Å². The molecule has 2 aromatic heterocycles. The number of aliphatic hydroxyl groups excluding tert-OH is 1. The van der Waals surface area contributed by atoms with Crippen molar-refractivity contribution in [3.63, 3.8) is 0 Å². The number of carbonyl (C=O) groups excluding carboxylic acids is 1. The molecule has 0 aliphatic carbocycles. The van der Waals surface area contributed by atoms with Gasteiger partial charge in [0.05, 0.1) is 12.0 Å². The third-order valence-corrected chi connectivity index (χ3v) is 7.40. The van der Waals surface area contributed by atoms with E-state index in [1.807, 2.05) is 51.3 Å². The van der Waals surface area contributed by atoms with Gasteiger partial charge in [0.15, 0.2) is 0 Å². The number of thiophene rings is 1. The predicted molar refractivity (Wildman–Crippen MR) is 147 cm³/mol. The molecule has 1 radical (unpaired) electrons. The summed E-state index contributed by atoms with van der Waals surface area (Å²) in [6.45, 7) is 7.50. The maximum absolute atomic E-state index is 9.23. The van der Waals surface area contributed by atoms with E-state index in [-0.39, 0.29) is 43.5 Å². The van der Waals surface area contributed by atoms with Gasteiger partial charge >= 0.3 is 5.78 Å². The molecule has 2 heterocycles. The Bertz CT molecular complexity index is 1700. The predicted octanol–water partition coefficient (Wildman–Crippen LogP) is 8.43. The molecule has 0 unspecified atom stereocenters. The van der Waals surface area contributed by atoms with E-state index < -0.39 is 0 Å². The van der Waals surface area contributed by atoms with Crippen LogP contribution in [-0.4, -0.2) is 20.7 Å². The topological polar surface area (TPSA) is 54.5 Å². The van der Waals surface area contributed by atoms with Gasteiger partial charge in [0.2, 0.25) is 0 Å². The van der Waals surface area contributed by atoms with Gasteiger partial charge in [-0.15, -0.1) is 17.5 Å². The maximum atomic E-state index is 9.23. The first-order valence-corrected chi connectivity index (χ1v) is 12.4. The summed E-state index contributed by atoms with van der Waals surface area (Å²) >= 11 is 1.88. The van der Waals surface area contributed by atoms with E-state index in [0.29, 0.717) is 0 Å². The van der Waals surface area contributed by atoms with Crippen molar-refractivity contribution >= 4 is 69.7 Å². The van der Waals surface area contributed by atoms with Crippen LogP contribution in [0.25, 0.3) is 52.6 Å². The van der Waals surface area contributed by atoms with Crippen molar-refractivity contribution in [3.8, 4) is 0 Å². The zero-order valence-electron chi connectivity index (χ0n) is 20.1. The standard InChI is InChI=1S/C21H10NS.C9H16O2.Ir/c1-2-6-13-12(5-1)11-16-19-18-14(15-8-4-10-22-20(15)16)7-3-9-17(18)23-21(13)19;1-6(2)8(10)5-9(11)7(3)4;/h1-10H;5-7,10H,1-4H3;/q-1;;/p+1/b;8-5-;. The first-order valence-electron chi connectivity index (χ1n) is 11.6. The molecule has 6 aromatic rings. The van der Waals surface area contributed by atoms with Gasteiger partial charge in [-0.3, -0.25) is 9.78 Å². The Morgan fingerprint density at radius 3 is 2.37 bits per heavy atom. The quantitative estimate of drug-likeness (QED) is 0.0519. The number of nitrogens with zero attached hydrogens (tertiary/aromatic N) is 1. The second-order valence-corrected chi connectivity index (χ2v) is 10.3. The van der Waals surface area contributed by atoms with Crippen molar-refractivity contribution in [2.24, 2.45) is 11.8 Å². The normalized spacial score (nSPS) is 12.1. The van der Waals surface area contributed by atoms with Gasteiger partial charge in [0, 0.05) is 42.4 Å². The summed E-state index contributed by atoms with van der Waals surface area (Å²) in [6, 6.07) is 23.0. The molecule has 0 spiro atoms. The maximum Gasteiger partial charge on any atom is 0.322 e. The average Bonchev–Trinajstić information content (AvgIpc) is 3.24. The summed E-state index contributed by atoms with van der Waals surface area (Å²) in [7, 11) is 0. The van der Waals surface area contributed by atoms with Crippen molar-refractivity contribution in [3.05, 3.63) is 78.7 Å². The van der Waals surface area contributed by atoms with E-state index in [2.05, 4.69) is 54.6 Å². The Labute approximate surface area is 222 Å². The van der Waals surface area contributed by atoms with Crippen LogP contribution in [-0.2, 0) is 20.1 Å². The Morgan fingerprint density at radius 1 is 0.914 bits per heavy atom. The summed E-state index contributed by atoms with van der Waals surface area (Å²) in [6.07, 6.45) is 3.31. The molecule has 0 fully saturated rings. The monoisotopic (exact) mass is 658 g/mol. The van der Waals surface area contributed by atoms with Crippen LogP contribution in [0.5, 0.6) is 0 Å². The van der Waals surface area contributed by atoms with Crippen LogP contribution in [0.15, 0.2) is 72.6 Å². The zero-order valence-corrected chi connectivity index (χ0v) is 23.3. The largest absolute Gasteiger partial charge is 0.512 e. The fraction of sp³-hybridized carbons (Fsp3) is 0.200. The van der Waals surface area contributed by atoms with Crippen molar-refractivity contribution in [1.29, 1.82) is 0 Å². The van der Waals surface area contributed by atoms with E-state index in [9.17, 15) is 9.90 Å². The minimum Gasteiger partial charge on any atom is -0.512 e. The van der Waals surface area contributed by atoms with Gasteiger partial charge in [0.1, 0.15) is 5.76 Å². The molecular weight excluding hydrogens is 631 g/mol. The number of hydrogen-bond acceptors (Lipinski definition) is 3. The van der Waals surface area contributed by atoms with E-state index in [4.69, 9.17) is 4.98 Å². The van der Waals surface area contributed by atoms with E-state index >= 15 is 0 Å². The Kier molecular flexibility index (Phi) is 7.23. The molecule has 0 saturated heterocycles. The van der Waals surface area contributed by atoms with Crippen molar-refractivity contribution in [2.45, 2.75) is 27.7 Å². The van der Waals surface area contributed by atoms with Crippen LogP contribution in [0.4, 0.5) is 0 Å². The Hall–Kier alpha value is -2.85. The summed E-state index contributed by atoms with van der Waals surface area (Å²) in [5.41, 5.74) is 1.06. The number of benzene rings is 4. The van der Waals surface area contributed by atoms with Crippen LogP contribution < -0.4 is 0 Å². The molecule has 0 bridgehead atoms. The average molecular weight is 658 g/mol. The molecule has 0 atom stereocenters. The zero-order chi connectivity index (χ0) is 24.0. The number of allylic oxidation sites excluding steroid dienone is 2. The first-order chi connectivity index (χ1) is 16.4. The molecule has 0 aliphatic rings. The molecule has 6 rings (SSSR count). The minimum absolute atomic E-state index is 0. The number of hydrogen-bond donors (Lipinski definition) is 1. The fourth-order valence-corrected chi connectivity index (χ4v) is 5.55. The van der Waals surface area contributed by atoms with Gasteiger partial charge in [-0.05, 0) is 33.0 Å². The Morgan fingerprint density at radius 2 is 1.63 bits per heavy atom. The number of pyridine rings is 1. The van der Waals surface area contributed by atoms with Gasteiger partial charge in [-0.25, -0.2) is 0 Å². The molecule has 3 nitrogen and oxygen atoms in total. The molecule has 179 valence electrons. The van der Waals surface area contributed by atoms with Crippen LogP contribution in [0, 0.1) is 17.9 Å². The molecule has 0 amide bonds. The van der Waals surface area contributed by atoms with Crippen LogP contribution >= 0.6 is 11.3 Å². The molecule has 5 heteroatoms. The molecular formula is C30H27IrNO2S. The third kappa shape index (κ3) is 4.45. The van der Waals surface area contributed by atoms with Crippen molar-refractivity contribution < 1.29 is 30.0 Å². The Balaban J connectivity index is 0.000000209. The molecule has 4 aromatic carbocycles. The second-order valence-electron chi connectivity index (χ2n) is 9.23. The molecule has 35 heavy (non-hydrogen) atoms. The number of aliphatic hydroxyl groups is 1. The smallest absolute Gasteiger partial charge is 0.322 e. The summed E-state index contributed by atoms with van der Waals surface area (Å²) in [5.74, 6) is 0.624.